The molecule has 0 aliphatic heterocycles. The summed E-state index contributed by atoms with van der Waals surface area (Å²) in [5.41, 5.74) is -0.436. The third-order valence-electron chi connectivity index (χ3n) is 2.45. The number of aryl methyl sites for hydroxylation is 1. The normalized spacial score (nSPS) is 13.6. The third kappa shape index (κ3) is 3.63. The summed E-state index contributed by atoms with van der Waals surface area (Å²) in [6.45, 7) is 1.26. The van der Waals surface area contributed by atoms with Crippen LogP contribution in [0.15, 0.2) is 23.1 Å². The molecule has 0 spiro atoms. The van der Waals surface area contributed by atoms with Gasteiger partial charge >= 0.3 is 12.1 Å². The molecule has 1 rings (SSSR count). The number of rotatable bonds is 3. The summed E-state index contributed by atoms with van der Waals surface area (Å²) >= 11 is 0. The number of hydrogen-bond donors (Lipinski definition) is 1. The van der Waals surface area contributed by atoms with Crippen molar-refractivity contribution < 1.29 is 34.9 Å². The van der Waals surface area contributed by atoms with Crippen molar-refractivity contribution in [2.45, 2.75) is 30.3 Å². The smallest absolute Gasteiger partial charge is 0.282 e. The Bertz CT molecular complexity index is 577. The topological polar surface area (TPSA) is 54.4 Å². The monoisotopic (exact) mass is 304 g/mol. The highest BCUT2D eigenvalue weighted by Gasteiger charge is 2.57. The Labute approximate surface area is 105 Å². The molecule has 19 heavy (non-hydrogen) atoms. The average molecular weight is 304 g/mol. The van der Waals surface area contributed by atoms with Gasteiger partial charge in [-0.2, -0.15) is 30.4 Å². The van der Waals surface area contributed by atoms with Gasteiger partial charge in [-0.3, -0.25) is 4.55 Å². The van der Waals surface area contributed by atoms with Gasteiger partial charge in [-0.1, -0.05) is 6.07 Å². The molecule has 1 aromatic rings. The van der Waals surface area contributed by atoms with E-state index >= 15 is 0 Å². The second kappa shape index (κ2) is 4.71. The van der Waals surface area contributed by atoms with E-state index in [1.807, 2.05) is 0 Å². The zero-order valence-corrected chi connectivity index (χ0v) is 10.3. The van der Waals surface area contributed by atoms with E-state index < -0.39 is 39.1 Å². The number of alkyl halides is 5. The van der Waals surface area contributed by atoms with E-state index in [9.17, 15) is 30.4 Å². The highest BCUT2D eigenvalue weighted by Crippen LogP contribution is 2.38. The average Bonchev–Trinajstić information content (AvgIpc) is 2.17. The molecule has 0 fully saturated rings. The zero-order chi connectivity index (χ0) is 15.1. The quantitative estimate of drug-likeness (QED) is 0.690. The molecule has 1 N–H and O–H groups in total. The Morgan fingerprint density at radius 1 is 1.16 bits per heavy atom. The van der Waals surface area contributed by atoms with Crippen LogP contribution < -0.4 is 0 Å². The lowest BCUT2D eigenvalue weighted by Gasteiger charge is -2.20. The molecule has 0 saturated carbocycles. The molecule has 0 radical (unpaired) electrons. The van der Waals surface area contributed by atoms with Gasteiger partial charge in [-0.25, -0.2) is 0 Å². The molecule has 0 aromatic heterocycles. The summed E-state index contributed by atoms with van der Waals surface area (Å²) in [6.07, 6.45) is -7.42. The van der Waals surface area contributed by atoms with Gasteiger partial charge in [0.15, 0.2) is 0 Å². The Morgan fingerprint density at radius 2 is 1.68 bits per heavy atom. The highest BCUT2D eigenvalue weighted by atomic mass is 32.2. The molecule has 0 saturated heterocycles. The van der Waals surface area contributed by atoms with Crippen LogP contribution in [0.1, 0.15) is 11.1 Å². The summed E-state index contributed by atoms with van der Waals surface area (Å²) in [5, 5.41) is 0. The molecule has 0 amide bonds. The summed E-state index contributed by atoms with van der Waals surface area (Å²) in [4.78, 5) is -0.730. The third-order valence-corrected chi connectivity index (χ3v) is 3.30. The van der Waals surface area contributed by atoms with Crippen LogP contribution in [0.5, 0.6) is 0 Å². The standard InChI is InChI=1S/C10H9F5O3S/c1-6-2-3-8(19(16,17)18)4-7(6)5-9(11,12)10(13,14)15/h2-4H,5H2,1H3,(H,16,17,18). The van der Waals surface area contributed by atoms with Gasteiger partial charge in [-0.15, -0.1) is 0 Å². The largest absolute Gasteiger partial charge is 0.453 e. The van der Waals surface area contributed by atoms with Crippen molar-refractivity contribution in [1.82, 2.24) is 0 Å². The minimum absolute atomic E-state index is 0.0660. The first-order valence-corrected chi connectivity index (χ1v) is 6.30. The van der Waals surface area contributed by atoms with Crippen LogP contribution >= 0.6 is 0 Å². The van der Waals surface area contributed by atoms with Crippen molar-refractivity contribution in [2.75, 3.05) is 0 Å². The predicted octanol–water partition coefficient (Wildman–Crippen LogP) is 2.98. The number of benzene rings is 1. The second-order valence-corrected chi connectivity index (χ2v) is 5.36. The minimum Gasteiger partial charge on any atom is -0.282 e. The maximum absolute atomic E-state index is 12.9. The Balaban J connectivity index is 3.22. The highest BCUT2D eigenvalue weighted by molar-refractivity contribution is 7.85. The van der Waals surface area contributed by atoms with Crippen LogP contribution in [0.25, 0.3) is 0 Å². The van der Waals surface area contributed by atoms with Gasteiger partial charge in [0.1, 0.15) is 0 Å². The van der Waals surface area contributed by atoms with Crippen molar-refractivity contribution in [3.05, 3.63) is 29.3 Å². The molecule has 1 aromatic carbocycles. The van der Waals surface area contributed by atoms with E-state index in [1.54, 1.807) is 0 Å². The van der Waals surface area contributed by atoms with Crippen molar-refractivity contribution in [2.24, 2.45) is 0 Å². The van der Waals surface area contributed by atoms with E-state index in [-0.39, 0.29) is 5.56 Å². The Morgan fingerprint density at radius 3 is 2.11 bits per heavy atom. The van der Waals surface area contributed by atoms with Crippen LogP contribution in [0.4, 0.5) is 22.0 Å². The van der Waals surface area contributed by atoms with E-state index in [0.717, 1.165) is 12.1 Å². The first-order valence-electron chi connectivity index (χ1n) is 4.86. The van der Waals surface area contributed by atoms with Gasteiger partial charge in [-0.05, 0) is 30.2 Å². The fourth-order valence-corrected chi connectivity index (χ4v) is 1.87. The SMILES string of the molecule is Cc1ccc(S(=O)(=O)O)cc1CC(F)(F)C(F)(F)F. The predicted molar refractivity (Wildman–Crippen MR) is 55.7 cm³/mol. The fourth-order valence-electron chi connectivity index (χ4n) is 1.34. The summed E-state index contributed by atoms with van der Waals surface area (Å²) in [7, 11) is -4.66. The van der Waals surface area contributed by atoms with Gasteiger partial charge in [0.2, 0.25) is 0 Å². The van der Waals surface area contributed by atoms with Gasteiger partial charge in [0, 0.05) is 6.42 Å². The molecule has 3 nitrogen and oxygen atoms in total. The van der Waals surface area contributed by atoms with Crippen molar-refractivity contribution in [3.8, 4) is 0 Å². The van der Waals surface area contributed by atoms with Crippen molar-refractivity contribution >= 4 is 10.1 Å². The second-order valence-electron chi connectivity index (χ2n) is 3.94. The lowest BCUT2D eigenvalue weighted by molar-refractivity contribution is -0.281. The molecular formula is C10H9F5O3S. The summed E-state index contributed by atoms with van der Waals surface area (Å²) in [5.74, 6) is -4.98. The molecule has 0 aliphatic carbocycles. The maximum atomic E-state index is 12.9. The molecule has 0 bridgehead atoms. The maximum Gasteiger partial charge on any atom is 0.453 e. The van der Waals surface area contributed by atoms with Crippen LogP contribution in [0.2, 0.25) is 0 Å². The van der Waals surface area contributed by atoms with Gasteiger partial charge in [0.05, 0.1) is 4.90 Å². The Hall–Kier alpha value is -1.22. The van der Waals surface area contributed by atoms with E-state index in [1.165, 1.54) is 6.92 Å². The molecular weight excluding hydrogens is 295 g/mol. The van der Waals surface area contributed by atoms with E-state index in [0.29, 0.717) is 6.07 Å². The first-order chi connectivity index (χ1) is 8.34. The fraction of sp³-hybridized carbons (Fsp3) is 0.400. The molecule has 9 heteroatoms. The van der Waals surface area contributed by atoms with E-state index in [2.05, 4.69) is 0 Å². The van der Waals surface area contributed by atoms with Crippen LogP contribution in [0.3, 0.4) is 0 Å². The lowest BCUT2D eigenvalue weighted by atomic mass is 10.0. The van der Waals surface area contributed by atoms with Crippen LogP contribution in [0, 0.1) is 6.92 Å². The molecule has 108 valence electrons. The Kier molecular flexibility index (Phi) is 3.93. The number of hydrogen-bond acceptors (Lipinski definition) is 2. The molecule has 0 heterocycles. The van der Waals surface area contributed by atoms with Crippen LogP contribution in [-0.2, 0) is 16.5 Å². The number of halogens is 5. The minimum atomic E-state index is -5.73. The van der Waals surface area contributed by atoms with E-state index in [4.69, 9.17) is 4.55 Å². The first kappa shape index (κ1) is 15.8. The molecule has 0 aliphatic rings. The molecule has 0 atom stereocenters. The molecule has 0 unspecified atom stereocenters. The van der Waals surface area contributed by atoms with Gasteiger partial charge in [0.25, 0.3) is 10.1 Å². The summed E-state index contributed by atoms with van der Waals surface area (Å²) in [6, 6.07) is 2.56. The lowest BCUT2D eigenvalue weighted by Crippen LogP contribution is -2.38. The van der Waals surface area contributed by atoms with Crippen LogP contribution in [-0.4, -0.2) is 25.1 Å². The van der Waals surface area contributed by atoms with Gasteiger partial charge < -0.3 is 0 Å². The summed E-state index contributed by atoms with van der Waals surface area (Å²) < 4.78 is 92.3. The zero-order valence-electron chi connectivity index (χ0n) is 9.50. The van der Waals surface area contributed by atoms with Crippen molar-refractivity contribution in [3.63, 3.8) is 0 Å². The van der Waals surface area contributed by atoms with Crippen molar-refractivity contribution in [1.29, 1.82) is 0 Å².